The molecule has 0 radical (unpaired) electrons. The molecule has 28 heavy (non-hydrogen) atoms. The molecule has 2 rings (SSSR count). The highest BCUT2D eigenvalue weighted by Gasteiger charge is 2.11. The lowest BCUT2D eigenvalue weighted by Gasteiger charge is -2.13. The normalized spacial score (nSPS) is 12.8. The first-order valence-corrected chi connectivity index (χ1v) is 9.28. The van der Waals surface area contributed by atoms with Crippen LogP contribution in [-0.2, 0) is 0 Å². The van der Waals surface area contributed by atoms with Crippen LogP contribution in [0.2, 0.25) is 0 Å². The molecule has 2 aromatic carbocycles. The molecule has 0 saturated heterocycles. The van der Waals surface area contributed by atoms with Crippen molar-refractivity contribution in [1.82, 2.24) is 0 Å². The molecule has 0 aliphatic carbocycles. The van der Waals surface area contributed by atoms with Crippen LogP contribution >= 0.6 is 0 Å². The highest BCUT2D eigenvalue weighted by Crippen LogP contribution is 2.27. The standard InChI is InChI=1S/C23H28O5/c1-16-11-19(12-17(2)23(16)27)22(26)10-6-7-18(13-20(25)14-24)15-28-21-8-4-3-5-9-21/h3-6,8-9,11-12,20,22,24-27H,10,13-15H2,1-2H3/t7?,20-,22-/m1/s1. The lowest BCUT2D eigenvalue weighted by Crippen LogP contribution is -2.15. The van der Waals surface area contributed by atoms with E-state index in [4.69, 9.17) is 9.84 Å². The Hall–Kier alpha value is -2.56. The smallest absolute Gasteiger partial charge is 0.121 e. The summed E-state index contributed by atoms with van der Waals surface area (Å²) in [5.41, 5.74) is 5.94. The maximum Gasteiger partial charge on any atom is 0.121 e. The van der Waals surface area contributed by atoms with E-state index in [1.54, 1.807) is 32.1 Å². The van der Waals surface area contributed by atoms with Gasteiger partial charge in [-0.25, -0.2) is 0 Å². The van der Waals surface area contributed by atoms with E-state index in [2.05, 4.69) is 5.73 Å². The van der Waals surface area contributed by atoms with Crippen molar-refractivity contribution >= 4 is 0 Å². The maximum atomic E-state index is 10.4. The molecule has 0 heterocycles. The third-order valence-corrected chi connectivity index (χ3v) is 4.39. The van der Waals surface area contributed by atoms with E-state index in [0.717, 1.165) is 16.7 Å². The van der Waals surface area contributed by atoms with Gasteiger partial charge < -0.3 is 25.2 Å². The second-order valence-corrected chi connectivity index (χ2v) is 6.85. The van der Waals surface area contributed by atoms with Crippen LogP contribution < -0.4 is 4.74 Å². The average molecular weight is 384 g/mol. The van der Waals surface area contributed by atoms with Gasteiger partial charge in [0.25, 0.3) is 0 Å². The summed E-state index contributed by atoms with van der Waals surface area (Å²) < 4.78 is 5.70. The van der Waals surface area contributed by atoms with Gasteiger partial charge in [-0.1, -0.05) is 18.2 Å². The van der Waals surface area contributed by atoms with Crippen molar-refractivity contribution in [2.24, 2.45) is 0 Å². The molecule has 0 unspecified atom stereocenters. The monoisotopic (exact) mass is 384 g/mol. The molecule has 150 valence electrons. The van der Waals surface area contributed by atoms with E-state index in [9.17, 15) is 15.3 Å². The van der Waals surface area contributed by atoms with Crippen molar-refractivity contribution in [1.29, 1.82) is 0 Å². The predicted octanol–water partition coefficient (Wildman–Crippen LogP) is 3.34. The van der Waals surface area contributed by atoms with Crippen LogP contribution in [0, 0.1) is 13.8 Å². The minimum atomic E-state index is -0.886. The fraction of sp³-hybridized carbons (Fsp3) is 0.348. The minimum Gasteiger partial charge on any atom is -0.507 e. The van der Waals surface area contributed by atoms with Crippen molar-refractivity contribution in [3.63, 3.8) is 0 Å². The van der Waals surface area contributed by atoms with Gasteiger partial charge in [-0.05, 0) is 60.9 Å². The van der Waals surface area contributed by atoms with E-state index in [1.165, 1.54) is 0 Å². The summed E-state index contributed by atoms with van der Waals surface area (Å²) in [6.45, 7) is 3.48. The highest BCUT2D eigenvalue weighted by atomic mass is 16.5. The zero-order valence-corrected chi connectivity index (χ0v) is 16.3. The fourth-order valence-corrected chi connectivity index (χ4v) is 2.83. The molecule has 5 nitrogen and oxygen atoms in total. The molecule has 0 bridgehead atoms. The lowest BCUT2D eigenvalue weighted by molar-refractivity contribution is 0.0934. The van der Waals surface area contributed by atoms with E-state index in [0.29, 0.717) is 17.7 Å². The van der Waals surface area contributed by atoms with Gasteiger partial charge in [0.2, 0.25) is 0 Å². The van der Waals surface area contributed by atoms with Gasteiger partial charge in [-0.15, -0.1) is 5.73 Å². The van der Waals surface area contributed by atoms with Crippen molar-refractivity contribution < 1.29 is 25.2 Å². The van der Waals surface area contributed by atoms with Crippen LogP contribution in [-0.4, -0.2) is 39.7 Å². The number of phenols is 1. The Morgan fingerprint density at radius 3 is 2.36 bits per heavy atom. The number of aromatic hydroxyl groups is 1. The first-order chi connectivity index (χ1) is 13.4. The van der Waals surface area contributed by atoms with Crippen molar-refractivity contribution in [2.45, 2.75) is 38.9 Å². The third-order valence-electron chi connectivity index (χ3n) is 4.39. The summed E-state index contributed by atoms with van der Waals surface area (Å²) in [6, 6.07) is 12.8. The van der Waals surface area contributed by atoms with Crippen LogP contribution in [0.5, 0.6) is 11.5 Å². The van der Waals surface area contributed by atoms with Gasteiger partial charge in [-0.2, -0.15) is 0 Å². The summed E-state index contributed by atoms with van der Waals surface area (Å²) in [5, 5.41) is 39.1. The van der Waals surface area contributed by atoms with E-state index < -0.39 is 12.2 Å². The number of phenolic OH excluding ortho intramolecular Hbond substituents is 1. The molecule has 0 aliphatic rings. The third kappa shape index (κ3) is 6.55. The largest absolute Gasteiger partial charge is 0.507 e. The number of hydrogen-bond donors (Lipinski definition) is 4. The second kappa shape index (κ2) is 10.7. The summed E-state index contributed by atoms with van der Waals surface area (Å²) in [7, 11) is 0. The van der Waals surface area contributed by atoms with Crippen LogP contribution in [0.1, 0.15) is 35.6 Å². The Bertz CT molecular complexity index is 799. The van der Waals surface area contributed by atoms with Crippen LogP contribution in [0.15, 0.2) is 59.8 Å². The number of para-hydroxylation sites is 1. The topological polar surface area (TPSA) is 90.2 Å². The first kappa shape index (κ1) is 21.7. The minimum absolute atomic E-state index is 0.227. The van der Waals surface area contributed by atoms with Gasteiger partial charge in [0, 0.05) is 18.4 Å². The van der Waals surface area contributed by atoms with E-state index >= 15 is 0 Å². The molecule has 2 aromatic rings. The number of hydrogen-bond acceptors (Lipinski definition) is 5. The second-order valence-electron chi connectivity index (χ2n) is 6.85. The molecule has 0 spiro atoms. The Balaban J connectivity index is 2.09. The average Bonchev–Trinajstić information content (AvgIpc) is 2.70. The predicted molar refractivity (Wildman–Crippen MR) is 108 cm³/mol. The van der Waals surface area contributed by atoms with Gasteiger partial charge in [0.05, 0.1) is 18.8 Å². The van der Waals surface area contributed by atoms with Crippen molar-refractivity contribution in [2.75, 3.05) is 13.2 Å². The molecule has 0 aliphatic heterocycles. The van der Waals surface area contributed by atoms with Crippen molar-refractivity contribution in [3.8, 4) is 11.5 Å². The molecule has 0 fully saturated rings. The number of aliphatic hydroxyl groups excluding tert-OH is 3. The van der Waals surface area contributed by atoms with Crippen molar-refractivity contribution in [3.05, 3.63) is 76.5 Å². The number of benzene rings is 2. The van der Waals surface area contributed by atoms with Gasteiger partial charge >= 0.3 is 0 Å². The first-order valence-electron chi connectivity index (χ1n) is 9.28. The summed E-state index contributed by atoms with van der Waals surface area (Å²) in [6.07, 6.45) is 0.643. The highest BCUT2D eigenvalue weighted by molar-refractivity contribution is 5.42. The van der Waals surface area contributed by atoms with Crippen LogP contribution in [0.3, 0.4) is 0 Å². The fourth-order valence-electron chi connectivity index (χ4n) is 2.83. The Kier molecular flexibility index (Phi) is 8.30. The SMILES string of the molecule is Cc1cc([C@H](O)CC=C=C(COc2ccccc2)C[C@@H](O)CO)cc(C)c1O. The molecule has 4 N–H and O–H groups in total. The number of aliphatic hydroxyl groups is 3. The van der Waals surface area contributed by atoms with Gasteiger partial charge in [-0.3, -0.25) is 0 Å². The summed E-state index contributed by atoms with van der Waals surface area (Å²) in [5.74, 6) is 0.945. The zero-order valence-electron chi connectivity index (χ0n) is 16.3. The summed E-state index contributed by atoms with van der Waals surface area (Å²) >= 11 is 0. The molecule has 2 atom stereocenters. The Morgan fingerprint density at radius 2 is 1.75 bits per heavy atom. The Labute approximate surface area is 165 Å². The van der Waals surface area contributed by atoms with Gasteiger partial charge in [0.1, 0.15) is 18.1 Å². The maximum absolute atomic E-state index is 10.4. The van der Waals surface area contributed by atoms with Crippen LogP contribution in [0.25, 0.3) is 0 Å². The van der Waals surface area contributed by atoms with E-state index in [-0.39, 0.29) is 25.4 Å². The molecule has 0 saturated carbocycles. The number of rotatable bonds is 9. The number of ether oxygens (including phenoxy) is 1. The van der Waals surface area contributed by atoms with Crippen LogP contribution in [0.4, 0.5) is 0 Å². The lowest BCUT2D eigenvalue weighted by atomic mass is 10.00. The number of aryl methyl sites for hydroxylation is 2. The molecule has 5 heteroatoms. The molecular weight excluding hydrogens is 356 g/mol. The molecule has 0 aromatic heterocycles. The molecule has 0 amide bonds. The quantitative estimate of drug-likeness (QED) is 0.498. The van der Waals surface area contributed by atoms with Gasteiger partial charge in [0.15, 0.2) is 0 Å². The van der Waals surface area contributed by atoms with E-state index in [1.807, 2.05) is 30.3 Å². The zero-order chi connectivity index (χ0) is 20.5. The summed E-state index contributed by atoms with van der Waals surface area (Å²) in [4.78, 5) is 0. The molecular formula is C23H28O5. The Morgan fingerprint density at radius 1 is 1.11 bits per heavy atom.